The van der Waals surface area contributed by atoms with Crippen LogP contribution in [0.4, 0.5) is 5.95 Å². The van der Waals surface area contributed by atoms with E-state index in [1.165, 1.54) is 4.57 Å². The van der Waals surface area contributed by atoms with E-state index in [4.69, 9.17) is 0 Å². The summed E-state index contributed by atoms with van der Waals surface area (Å²) in [7, 11) is 0. The Kier molecular flexibility index (Phi) is 3.37. The zero-order valence-electron chi connectivity index (χ0n) is 12.1. The van der Waals surface area contributed by atoms with Crippen LogP contribution in [0.15, 0.2) is 29.1 Å². The third-order valence-corrected chi connectivity index (χ3v) is 3.92. The molecule has 6 heteroatoms. The van der Waals surface area contributed by atoms with Gasteiger partial charge < -0.3 is 0 Å². The van der Waals surface area contributed by atoms with Crippen LogP contribution in [-0.4, -0.2) is 15.5 Å². The number of rotatable bonds is 4. The predicted molar refractivity (Wildman–Crippen MR) is 80.7 cm³/mol. The molecule has 1 fully saturated rings. The van der Waals surface area contributed by atoms with E-state index in [0.717, 1.165) is 6.42 Å². The minimum atomic E-state index is -0.111. The van der Waals surface area contributed by atoms with Gasteiger partial charge in [-0.05, 0) is 31.4 Å². The molecular formula is C15H18N4O2. The van der Waals surface area contributed by atoms with E-state index in [1.54, 1.807) is 12.1 Å². The lowest BCUT2D eigenvalue weighted by Crippen LogP contribution is -2.35. The van der Waals surface area contributed by atoms with Gasteiger partial charge in [0, 0.05) is 12.5 Å². The van der Waals surface area contributed by atoms with Crippen LogP contribution in [0.3, 0.4) is 0 Å². The number of hydrogen-bond acceptors (Lipinski definition) is 4. The van der Waals surface area contributed by atoms with Crippen molar-refractivity contribution in [2.24, 2.45) is 11.8 Å². The van der Waals surface area contributed by atoms with Gasteiger partial charge in [0.25, 0.3) is 5.56 Å². The molecule has 1 saturated carbocycles. The number of fused-ring (bicyclic) bond motifs is 1. The molecular weight excluding hydrogens is 268 g/mol. The summed E-state index contributed by atoms with van der Waals surface area (Å²) in [6.45, 7) is 4.39. The van der Waals surface area contributed by atoms with E-state index in [-0.39, 0.29) is 17.4 Å². The number of anilines is 1. The van der Waals surface area contributed by atoms with Gasteiger partial charge in [-0.1, -0.05) is 19.1 Å². The van der Waals surface area contributed by atoms with E-state index < -0.39 is 0 Å². The van der Waals surface area contributed by atoms with Crippen molar-refractivity contribution in [2.45, 2.75) is 26.8 Å². The Morgan fingerprint density at radius 3 is 2.81 bits per heavy atom. The number of aromatic nitrogens is 2. The summed E-state index contributed by atoms with van der Waals surface area (Å²) in [4.78, 5) is 28.7. The second-order valence-corrected chi connectivity index (χ2v) is 5.44. The highest BCUT2D eigenvalue weighted by molar-refractivity contribution is 5.83. The van der Waals surface area contributed by atoms with Crippen LogP contribution >= 0.6 is 0 Å². The fourth-order valence-corrected chi connectivity index (χ4v) is 2.45. The molecule has 0 aliphatic heterocycles. The van der Waals surface area contributed by atoms with Gasteiger partial charge in [-0.2, -0.15) is 0 Å². The molecule has 1 aromatic carbocycles. The first kappa shape index (κ1) is 13.6. The SMILES string of the molecule is CCn1c(NNC(=O)C2CC2C)nc2ccccc2c1=O. The van der Waals surface area contributed by atoms with Gasteiger partial charge in [-0.3, -0.25) is 25.0 Å². The standard InChI is InChI=1S/C15H18N4O2/c1-3-19-14(21)10-6-4-5-7-12(10)16-15(19)18-17-13(20)11-8-9(11)2/h4-7,9,11H,3,8H2,1-2H3,(H,16,18)(H,17,20). The van der Waals surface area contributed by atoms with Crippen LogP contribution in [-0.2, 0) is 11.3 Å². The van der Waals surface area contributed by atoms with Crippen molar-refractivity contribution in [2.75, 3.05) is 5.43 Å². The van der Waals surface area contributed by atoms with Crippen LogP contribution in [0, 0.1) is 11.8 Å². The first-order valence-electron chi connectivity index (χ1n) is 7.17. The molecule has 1 aromatic heterocycles. The summed E-state index contributed by atoms with van der Waals surface area (Å²) in [6.07, 6.45) is 0.916. The maximum atomic E-state index is 12.4. The van der Waals surface area contributed by atoms with Crippen LogP contribution in [0.1, 0.15) is 20.3 Å². The third kappa shape index (κ3) is 2.49. The van der Waals surface area contributed by atoms with Gasteiger partial charge in [0.05, 0.1) is 10.9 Å². The minimum Gasteiger partial charge on any atom is -0.277 e. The van der Waals surface area contributed by atoms with Crippen LogP contribution in [0.25, 0.3) is 10.9 Å². The summed E-state index contributed by atoms with van der Waals surface area (Å²) < 4.78 is 1.51. The van der Waals surface area contributed by atoms with E-state index in [1.807, 2.05) is 26.0 Å². The van der Waals surface area contributed by atoms with Gasteiger partial charge in [-0.15, -0.1) is 0 Å². The van der Waals surface area contributed by atoms with E-state index >= 15 is 0 Å². The van der Waals surface area contributed by atoms with E-state index in [2.05, 4.69) is 15.8 Å². The predicted octanol–water partition coefficient (Wildman–Crippen LogP) is 1.52. The van der Waals surface area contributed by atoms with Crippen molar-refractivity contribution in [1.82, 2.24) is 15.0 Å². The lowest BCUT2D eigenvalue weighted by atomic mass is 10.2. The smallest absolute Gasteiger partial charge is 0.262 e. The Labute approximate surface area is 122 Å². The number of nitrogens with one attached hydrogen (secondary N) is 2. The zero-order valence-corrected chi connectivity index (χ0v) is 12.1. The van der Waals surface area contributed by atoms with Crippen molar-refractivity contribution in [3.05, 3.63) is 34.6 Å². The number of hydrazine groups is 1. The highest BCUT2D eigenvalue weighted by atomic mass is 16.2. The Hall–Kier alpha value is -2.37. The van der Waals surface area contributed by atoms with Gasteiger partial charge in [0.15, 0.2) is 0 Å². The number of carbonyl (C=O) groups is 1. The van der Waals surface area contributed by atoms with Gasteiger partial charge >= 0.3 is 0 Å². The average Bonchev–Trinajstić information content (AvgIpc) is 3.22. The lowest BCUT2D eigenvalue weighted by molar-refractivity contribution is -0.122. The number of amides is 1. The topological polar surface area (TPSA) is 76.0 Å². The molecule has 0 radical (unpaired) electrons. The highest BCUT2D eigenvalue weighted by Crippen LogP contribution is 2.37. The second kappa shape index (κ2) is 5.20. The fourth-order valence-electron chi connectivity index (χ4n) is 2.45. The summed E-state index contributed by atoms with van der Waals surface area (Å²) in [5, 5.41) is 0.576. The molecule has 2 atom stereocenters. The Morgan fingerprint density at radius 1 is 1.43 bits per heavy atom. The summed E-state index contributed by atoms with van der Waals surface area (Å²) >= 11 is 0. The van der Waals surface area contributed by atoms with Crippen molar-refractivity contribution < 1.29 is 4.79 Å². The number of hydrogen-bond donors (Lipinski definition) is 2. The Morgan fingerprint density at radius 2 is 2.14 bits per heavy atom. The summed E-state index contributed by atoms with van der Waals surface area (Å²) in [5.41, 5.74) is 5.94. The molecule has 21 heavy (non-hydrogen) atoms. The molecule has 0 saturated heterocycles. The van der Waals surface area contributed by atoms with Gasteiger partial charge in [0.1, 0.15) is 0 Å². The molecule has 110 valence electrons. The van der Waals surface area contributed by atoms with Crippen LogP contribution in [0.2, 0.25) is 0 Å². The number of para-hydroxylation sites is 1. The lowest BCUT2D eigenvalue weighted by Gasteiger charge is -2.13. The van der Waals surface area contributed by atoms with Crippen molar-refractivity contribution in [3.63, 3.8) is 0 Å². The molecule has 2 N–H and O–H groups in total. The van der Waals surface area contributed by atoms with Crippen LogP contribution < -0.4 is 16.4 Å². The van der Waals surface area contributed by atoms with Gasteiger partial charge in [0.2, 0.25) is 11.9 Å². The maximum absolute atomic E-state index is 12.4. The Bertz CT molecular complexity index is 753. The first-order chi connectivity index (χ1) is 10.1. The molecule has 2 unspecified atom stereocenters. The minimum absolute atomic E-state index is 0.0486. The third-order valence-electron chi connectivity index (χ3n) is 3.92. The Balaban J connectivity index is 1.90. The molecule has 0 bridgehead atoms. The summed E-state index contributed by atoms with van der Waals surface area (Å²) in [6, 6.07) is 7.19. The number of carbonyl (C=O) groups excluding carboxylic acids is 1. The quantitative estimate of drug-likeness (QED) is 0.835. The van der Waals surface area contributed by atoms with E-state index in [9.17, 15) is 9.59 Å². The largest absolute Gasteiger partial charge is 0.277 e. The number of nitrogens with zero attached hydrogens (tertiary/aromatic N) is 2. The molecule has 6 nitrogen and oxygen atoms in total. The van der Waals surface area contributed by atoms with E-state index in [0.29, 0.717) is 29.3 Å². The number of benzene rings is 1. The molecule has 3 rings (SSSR count). The molecule has 1 amide bonds. The zero-order chi connectivity index (χ0) is 15.0. The summed E-state index contributed by atoms with van der Waals surface area (Å²) in [5.74, 6) is 0.819. The average molecular weight is 286 g/mol. The second-order valence-electron chi connectivity index (χ2n) is 5.44. The molecule has 1 heterocycles. The van der Waals surface area contributed by atoms with Crippen molar-refractivity contribution in [3.8, 4) is 0 Å². The van der Waals surface area contributed by atoms with Crippen molar-refractivity contribution in [1.29, 1.82) is 0 Å². The fraction of sp³-hybridized carbons (Fsp3) is 0.400. The van der Waals surface area contributed by atoms with Gasteiger partial charge in [-0.25, -0.2) is 4.98 Å². The molecule has 1 aliphatic carbocycles. The monoisotopic (exact) mass is 286 g/mol. The molecule has 0 spiro atoms. The highest BCUT2D eigenvalue weighted by Gasteiger charge is 2.39. The molecule has 2 aromatic rings. The molecule has 1 aliphatic rings. The normalized spacial score (nSPS) is 20.3. The first-order valence-corrected chi connectivity index (χ1v) is 7.17. The maximum Gasteiger partial charge on any atom is 0.262 e. The van der Waals surface area contributed by atoms with Crippen molar-refractivity contribution >= 4 is 22.8 Å². The van der Waals surface area contributed by atoms with Crippen LogP contribution in [0.5, 0.6) is 0 Å².